The number of fused-ring (bicyclic) bond motifs is 5. The number of hydrogen-bond donors (Lipinski definition) is 0. The number of esters is 1. The minimum absolute atomic E-state index is 0.106. The Morgan fingerprint density at radius 3 is 2.63 bits per heavy atom. The standard InChI is InChI=1S/C39H38ClN7O4S/c1-4-50-33(48)17-9-10-21-51-45-35(26-12-11-19-41-22-26)27-13-5-6-14-28(27)38(49)46-20-18-30-32(23-46)52-39-34(30)36(29-15-7-8-16-31(29)40)42-24(2)37-44-43-25(3)47(37)39/h5-8,11-16,19,22,24H,4,9-10,17-18,20-21,23H2,1-3H3/b45-35-. The Kier molecular flexibility index (Phi) is 10.6. The molecule has 2 aliphatic heterocycles. The normalized spacial score (nSPS) is 15.2. The van der Waals surface area contributed by atoms with Crippen molar-refractivity contribution >= 4 is 46.2 Å². The van der Waals surface area contributed by atoms with E-state index in [0.29, 0.717) is 73.8 Å². The fourth-order valence-electron chi connectivity index (χ4n) is 6.62. The molecule has 5 aromatic rings. The molecule has 0 spiro atoms. The second-order valence-corrected chi connectivity index (χ2v) is 14.0. The summed E-state index contributed by atoms with van der Waals surface area (Å²) in [7, 11) is 0. The molecule has 0 saturated carbocycles. The molecule has 7 rings (SSSR count). The van der Waals surface area contributed by atoms with Gasteiger partial charge in [0.05, 0.1) is 18.9 Å². The van der Waals surface area contributed by atoms with Crippen molar-refractivity contribution < 1.29 is 19.2 Å². The zero-order chi connectivity index (χ0) is 36.2. The Balaban J connectivity index is 1.19. The van der Waals surface area contributed by atoms with Crippen LogP contribution in [0.2, 0.25) is 5.02 Å². The Hall–Kier alpha value is -5.20. The molecule has 0 N–H and O–H groups in total. The summed E-state index contributed by atoms with van der Waals surface area (Å²) in [5.74, 6) is 1.22. The summed E-state index contributed by atoms with van der Waals surface area (Å²) in [5, 5.41) is 15.1. The number of nitrogens with zero attached hydrogens (tertiary/aromatic N) is 7. The molecule has 266 valence electrons. The molecule has 0 bridgehead atoms. The van der Waals surface area contributed by atoms with Crippen molar-refractivity contribution in [1.29, 1.82) is 0 Å². The summed E-state index contributed by atoms with van der Waals surface area (Å²) in [6, 6.07) is 18.7. The number of ether oxygens (including phenoxy) is 1. The first-order valence-corrected chi connectivity index (χ1v) is 18.6. The fourth-order valence-corrected chi connectivity index (χ4v) is 8.27. The molecule has 1 unspecified atom stereocenters. The van der Waals surface area contributed by atoms with Crippen LogP contribution in [0.3, 0.4) is 0 Å². The van der Waals surface area contributed by atoms with E-state index in [1.54, 1.807) is 30.7 Å². The van der Waals surface area contributed by atoms with Crippen molar-refractivity contribution in [3.05, 3.63) is 128 Å². The van der Waals surface area contributed by atoms with Crippen LogP contribution in [0, 0.1) is 6.92 Å². The molecular weight excluding hydrogens is 698 g/mol. The van der Waals surface area contributed by atoms with Crippen molar-refractivity contribution in [3.8, 4) is 5.00 Å². The number of unbranched alkanes of at least 4 members (excludes halogenated alkanes) is 1. The van der Waals surface area contributed by atoms with Crippen LogP contribution in [-0.4, -0.2) is 67.7 Å². The molecule has 3 aromatic heterocycles. The average molecular weight is 736 g/mol. The molecule has 0 radical (unpaired) electrons. The largest absolute Gasteiger partial charge is 0.466 e. The van der Waals surface area contributed by atoms with E-state index in [9.17, 15) is 9.59 Å². The highest BCUT2D eigenvalue weighted by molar-refractivity contribution is 7.15. The highest BCUT2D eigenvalue weighted by atomic mass is 35.5. The maximum atomic E-state index is 14.5. The first-order chi connectivity index (χ1) is 25.4. The predicted molar refractivity (Wildman–Crippen MR) is 201 cm³/mol. The third-order valence-electron chi connectivity index (χ3n) is 9.12. The van der Waals surface area contributed by atoms with Gasteiger partial charge in [-0.15, -0.1) is 21.5 Å². The molecule has 2 aliphatic rings. The van der Waals surface area contributed by atoms with Gasteiger partial charge in [0.15, 0.2) is 5.82 Å². The number of pyridine rings is 1. The molecule has 13 heteroatoms. The lowest BCUT2D eigenvalue weighted by molar-refractivity contribution is -0.143. The molecular formula is C39H38ClN7O4S. The third kappa shape index (κ3) is 7.00. The first-order valence-electron chi connectivity index (χ1n) is 17.4. The SMILES string of the molecule is CCOC(=O)CCCCO/N=C(/c1cccnc1)c1ccccc1C(=O)N1CCc2c(sc3c2C(c2ccccc2Cl)=NC(C)c2nnc(C)n2-3)C1. The van der Waals surface area contributed by atoms with E-state index >= 15 is 0 Å². The van der Waals surface area contributed by atoms with Gasteiger partial charge >= 0.3 is 5.97 Å². The number of aliphatic imine (C=N–C) groups is 1. The number of aryl methyl sites for hydroxylation is 1. The third-order valence-corrected chi connectivity index (χ3v) is 10.6. The number of rotatable bonds is 11. The van der Waals surface area contributed by atoms with Crippen LogP contribution in [0.15, 0.2) is 83.2 Å². The first kappa shape index (κ1) is 35.2. The van der Waals surface area contributed by atoms with Gasteiger partial charge in [0.1, 0.15) is 29.2 Å². The Morgan fingerprint density at radius 2 is 1.85 bits per heavy atom. The van der Waals surface area contributed by atoms with Crippen LogP contribution in [0.5, 0.6) is 0 Å². The molecule has 1 amide bonds. The van der Waals surface area contributed by atoms with Gasteiger partial charge in [-0.3, -0.25) is 24.1 Å². The molecule has 0 aliphatic carbocycles. The number of halogens is 1. The quantitative estimate of drug-likeness (QED) is 0.0604. The predicted octanol–water partition coefficient (Wildman–Crippen LogP) is 7.30. The van der Waals surface area contributed by atoms with E-state index in [4.69, 9.17) is 26.2 Å². The second kappa shape index (κ2) is 15.6. The van der Waals surface area contributed by atoms with Gasteiger partial charge in [0.25, 0.3) is 5.91 Å². The van der Waals surface area contributed by atoms with Crippen LogP contribution in [0.4, 0.5) is 0 Å². The topological polar surface area (TPSA) is 124 Å². The number of thiophene rings is 1. The Bertz CT molecular complexity index is 2180. The zero-order valence-corrected chi connectivity index (χ0v) is 30.8. The Morgan fingerprint density at radius 1 is 1.04 bits per heavy atom. The second-order valence-electron chi connectivity index (χ2n) is 12.6. The van der Waals surface area contributed by atoms with Crippen molar-refractivity contribution in [2.75, 3.05) is 19.8 Å². The van der Waals surface area contributed by atoms with E-state index in [1.807, 2.05) is 79.4 Å². The summed E-state index contributed by atoms with van der Waals surface area (Å²) in [6.07, 6.45) is 5.61. The zero-order valence-electron chi connectivity index (χ0n) is 29.2. The molecule has 0 saturated heterocycles. The molecule has 52 heavy (non-hydrogen) atoms. The summed E-state index contributed by atoms with van der Waals surface area (Å²) < 4.78 is 7.12. The van der Waals surface area contributed by atoms with E-state index in [-0.39, 0.29) is 17.9 Å². The van der Waals surface area contributed by atoms with Gasteiger partial charge < -0.3 is 14.5 Å². The van der Waals surface area contributed by atoms with E-state index in [0.717, 1.165) is 49.5 Å². The minimum Gasteiger partial charge on any atom is -0.466 e. The highest BCUT2D eigenvalue weighted by Gasteiger charge is 2.35. The van der Waals surface area contributed by atoms with Crippen molar-refractivity contribution in [2.24, 2.45) is 10.1 Å². The fraction of sp³-hybridized carbons (Fsp3) is 0.308. The van der Waals surface area contributed by atoms with Crippen LogP contribution in [0.1, 0.15) is 93.9 Å². The monoisotopic (exact) mass is 735 g/mol. The number of benzene rings is 2. The van der Waals surface area contributed by atoms with E-state index in [1.165, 1.54) is 0 Å². The number of amides is 1. The van der Waals surface area contributed by atoms with Gasteiger partial charge in [-0.1, -0.05) is 53.2 Å². The molecule has 2 aromatic carbocycles. The van der Waals surface area contributed by atoms with Crippen LogP contribution in [-0.2, 0) is 27.3 Å². The maximum Gasteiger partial charge on any atom is 0.305 e. The molecule has 11 nitrogen and oxygen atoms in total. The van der Waals surface area contributed by atoms with E-state index in [2.05, 4.69) is 24.9 Å². The molecule has 5 heterocycles. The van der Waals surface area contributed by atoms with Gasteiger partial charge in [0, 0.05) is 63.1 Å². The van der Waals surface area contributed by atoms with Gasteiger partial charge in [-0.2, -0.15) is 0 Å². The molecule has 1 atom stereocenters. The van der Waals surface area contributed by atoms with Gasteiger partial charge in [-0.25, -0.2) is 0 Å². The molecule has 0 fully saturated rings. The van der Waals surface area contributed by atoms with Crippen LogP contribution < -0.4 is 0 Å². The van der Waals surface area contributed by atoms with Crippen LogP contribution >= 0.6 is 22.9 Å². The van der Waals surface area contributed by atoms with Crippen LogP contribution in [0.25, 0.3) is 5.00 Å². The summed E-state index contributed by atoms with van der Waals surface area (Å²) >= 11 is 8.43. The summed E-state index contributed by atoms with van der Waals surface area (Å²) in [6.45, 7) is 7.38. The van der Waals surface area contributed by atoms with Crippen molar-refractivity contribution in [3.63, 3.8) is 0 Å². The van der Waals surface area contributed by atoms with Gasteiger partial charge in [0.2, 0.25) is 0 Å². The maximum absolute atomic E-state index is 14.5. The summed E-state index contributed by atoms with van der Waals surface area (Å²) in [4.78, 5) is 44.4. The van der Waals surface area contributed by atoms with Crippen molar-refractivity contribution in [1.82, 2.24) is 24.6 Å². The minimum atomic E-state index is -0.231. The number of hydrogen-bond acceptors (Lipinski definition) is 10. The lowest BCUT2D eigenvalue weighted by Crippen LogP contribution is -2.36. The lowest BCUT2D eigenvalue weighted by Gasteiger charge is -2.28. The average Bonchev–Trinajstić information content (AvgIpc) is 3.70. The number of carbonyl (C=O) groups excluding carboxylic acids is 2. The van der Waals surface area contributed by atoms with Crippen molar-refractivity contribution in [2.45, 2.75) is 59.0 Å². The van der Waals surface area contributed by atoms with Gasteiger partial charge in [-0.05, 0) is 69.9 Å². The highest BCUT2D eigenvalue weighted by Crippen LogP contribution is 2.42. The van der Waals surface area contributed by atoms with E-state index < -0.39 is 0 Å². The number of carbonyl (C=O) groups is 2. The Labute approximate surface area is 311 Å². The smallest absolute Gasteiger partial charge is 0.305 e. The number of aromatic nitrogens is 4. The summed E-state index contributed by atoms with van der Waals surface area (Å²) in [5.41, 5.74) is 6.28. The number of oxime groups is 1. The lowest BCUT2D eigenvalue weighted by atomic mass is 9.94.